The molecule has 1 aliphatic heterocycles. The van der Waals surface area contributed by atoms with Gasteiger partial charge in [0, 0.05) is 24.4 Å². The van der Waals surface area contributed by atoms with Crippen LogP contribution in [-0.2, 0) is 14.8 Å². The Balaban J connectivity index is 1.28. The Morgan fingerprint density at radius 2 is 1.68 bits per heavy atom. The maximum atomic E-state index is 12.8. The molecule has 0 bridgehead atoms. The van der Waals surface area contributed by atoms with Gasteiger partial charge >= 0.3 is 0 Å². The molecule has 31 heavy (non-hydrogen) atoms. The quantitative estimate of drug-likeness (QED) is 0.496. The van der Waals surface area contributed by atoms with Crippen molar-refractivity contribution in [2.75, 3.05) is 18.4 Å². The van der Waals surface area contributed by atoms with Gasteiger partial charge < -0.3 is 5.32 Å². The minimum absolute atomic E-state index is 0.0971. The second-order valence-corrected chi connectivity index (χ2v) is 10.6. The second kappa shape index (κ2) is 8.03. The van der Waals surface area contributed by atoms with Crippen LogP contribution in [0, 0.1) is 5.92 Å². The number of nitrogens with zero attached hydrogens (tertiary/aromatic N) is 2. The van der Waals surface area contributed by atoms with Gasteiger partial charge in [0.1, 0.15) is 0 Å². The Morgan fingerprint density at radius 1 is 0.968 bits per heavy atom. The van der Waals surface area contributed by atoms with Crippen molar-refractivity contribution in [1.29, 1.82) is 0 Å². The van der Waals surface area contributed by atoms with Crippen molar-refractivity contribution in [2.24, 2.45) is 5.92 Å². The fraction of sp³-hybridized carbons (Fsp3) is 0.217. The van der Waals surface area contributed by atoms with Crippen LogP contribution in [0.4, 0.5) is 5.13 Å². The lowest BCUT2D eigenvalue weighted by molar-refractivity contribution is -0.120. The maximum absolute atomic E-state index is 12.8. The fourth-order valence-corrected chi connectivity index (χ4v) is 6.40. The van der Waals surface area contributed by atoms with E-state index >= 15 is 0 Å². The second-order valence-electron chi connectivity index (χ2n) is 7.63. The molecule has 1 aromatic heterocycles. The van der Waals surface area contributed by atoms with Crippen LogP contribution in [0.25, 0.3) is 21.0 Å². The van der Waals surface area contributed by atoms with Crippen LogP contribution in [0.15, 0.2) is 71.6 Å². The summed E-state index contributed by atoms with van der Waals surface area (Å²) in [7, 11) is -3.52. The fourth-order valence-electron chi connectivity index (χ4n) is 4.02. The highest BCUT2D eigenvalue weighted by Gasteiger charge is 2.32. The van der Waals surface area contributed by atoms with Gasteiger partial charge in [0.15, 0.2) is 5.13 Å². The van der Waals surface area contributed by atoms with E-state index in [2.05, 4.69) is 16.4 Å². The zero-order valence-corrected chi connectivity index (χ0v) is 18.3. The van der Waals surface area contributed by atoms with Gasteiger partial charge in [-0.25, -0.2) is 13.4 Å². The molecule has 1 aliphatic rings. The minimum atomic E-state index is -3.52. The molecule has 0 atom stereocenters. The Bertz CT molecular complexity index is 1360. The number of hydrogen-bond acceptors (Lipinski definition) is 5. The molecular formula is C23H21N3O3S2. The van der Waals surface area contributed by atoms with Crippen molar-refractivity contribution < 1.29 is 13.2 Å². The first-order valence-electron chi connectivity index (χ1n) is 10.2. The molecule has 0 spiro atoms. The summed E-state index contributed by atoms with van der Waals surface area (Å²) in [6.07, 6.45) is 0.984. The highest BCUT2D eigenvalue weighted by molar-refractivity contribution is 7.89. The van der Waals surface area contributed by atoms with Crippen molar-refractivity contribution in [1.82, 2.24) is 9.29 Å². The summed E-state index contributed by atoms with van der Waals surface area (Å²) in [6.45, 7) is 0.666. The Kier molecular flexibility index (Phi) is 5.21. The number of rotatable bonds is 4. The van der Waals surface area contributed by atoms with Crippen LogP contribution in [0.2, 0.25) is 0 Å². The standard InChI is InChI=1S/C23H21N3O3S2/c27-22(17-12-14-26(15-13-17)31(28,29)18-7-2-1-3-8-18)25-23-24-21-19-9-5-4-6-16(19)10-11-20(21)30-23/h1-11,17H,12-15H2,(H,24,25,27). The van der Waals surface area contributed by atoms with E-state index in [4.69, 9.17) is 0 Å². The van der Waals surface area contributed by atoms with E-state index in [-0.39, 0.29) is 11.8 Å². The number of fused-ring (bicyclic) bond motifs is 3. The molecule has 6 nitrogen and oxygen atoms in total. The average Bonchev–Trinajstić information content (AvgIpc) is 3.23. The Morgan fingerprint density at radius 3 is 2.45 bits per heavy atom. The van der Waals surface area contributed by atoms with Crippen LogP contribution >= 0.6 is 11.3 Å². The van der Waals surface area contributed by atoms with Crippen LogP contribution < -0.4 is 5.32 Å². The molecular weight excluding hydrogens is 430 g/mol. The van der Waals surface area contributed by atoms with Crippen LogP contribution in [0.1, 0.15) is 12.8 Å². The van der Waals surface area contributed by atoms with Crippen molar-refractivity contribution in [3.8, 4) is 0 Å². The molecule has 1 amide bonds. The molecule has 8 heteroatoms. The Hall–Kier alpha value is -2.81. The summed E-state index contributed by atoms with van der Waals surface area (Å²) in [5, 5.41) is 5.71. The van der Waals surface area contributed by atoms with Gasteiger partial charge in [0.2, 0.25) is 15.9 Å². The highest BCUT2D eigenvalue weighted by atomic mass is 32.2. The van der Waals surface area contributed by atoms with Crippen LogP contribution in [-0.4, -0.2) is 36.7 Å². The van der Waals surface area contributed by atoms with Gasteiger partial charge in [0.25, 0.3) is 0 Å². The number of thiazole rings is 1. The largest absolute Gasteiger partial charge is 0.302 e. The summed E-state index contributed by atoms with van der Waals surface area (Å²) in [4.78, 5) is 17.8. The van der Waals surface area contributed by atoms with E-state index in [1.165, 1.54) is 15.6 Å². The third-order valence-electron chi connectivity index (χ3n) is 5.72. The number of aromatic nitrogens is 1. The molecule has 3 aromatic carbocycles. The predicted octanol–water partition coefficient (Wildman–Crippen LogP) is 4.49. The molecule has 0 saturated carbocycles. The lowest BCUT2D eigenvalue weighted by Crippen LogP contribution is -2.41. The van der Waals surface area contributed by atoms with Crippen molar-refractivity contribution >= 4 is 53.4 Å². The summed E-state index contributed by atoms with van der Waals surface area (Å²) in [5.74, 6) is -0.328. The number of benzene rings is 3. The SMILES string of the molecule is O=C(Nc1nc2c(ccc3ccccc32)s1)C1CCN(S(=O)(=O)c2ccccc2)CC1. The number of nitrogens with one attached hydrogen (secondary N) is 1. The van der Waals surface area contributed by atoms with E-state index < -0.39 is 10.0 Å². The molecule has 5 rings (SSSR count). The van der Waals surface area contributed by atoms with Gasteiger partial charge in [-0.1, -0.05) is 59.9 Å². The number of hydrogen-bond donors (Lipinski definition) is 1. The third-order valence-corrected chi connectivity index (χ3v) is 8.57. The monoisotopic (exact) mass is 451 g/mol. The topological polar surface area (TPSA) is 79.4 Å². The summed E-state index contributed by atoms with van der Waals surface area (Å²) < 4.78 is 28.1. The Labute approximate surface area is 184 Å². The number of sulfonamides is 1. The third kappa shape index (κ3) is 3.82. The van der Waals surface area contributed by atoms with Crippen LogP contribution in [0.5, 0.6) is 0 Å². The molecule has 1 fully saturated rings. The number of anilines is 1. The zero-order chi connectivity index (χ0) is 21.4. The summed E-state index contributed by atoms with van der Waals surface area (Å²) in [5.41, 5.74) is 0.891. The normalized spacial score (nSPS) is 16.0. The molecule has 0 radical (unpaired) electrons. The molecule has 0 aliphatic carbocycles. The smallest absolute Gasteiger partial charge is 0.243 e. The van der Waals surface area contributed by atoms with Crippen molar-refractivity contribution in [3.05, 3.63) is 66.7 Å². The predicted molar refractivity (Wildman–Crippen MR) is 124 cm³/mol. The van der Waals surface area contributed by atoms with Gasteiger partial charge in [-0.3, -0.25) is 4.79 Å². The lowest BCUT2D eigenvalue weighted by atomic mass is 9.97. The average molecular weight is 452 g/mol. The van der Waals surface area contributed by atoms with Crippen molar-refractivity contribution in [2.45, 2.75) is 17.7 Å². The molecule has 0 unspecified atom stereocenters. The van der Waals surface area contributed by atoms with E-state index in [0.29, 0.717) is 36.0 Å². The van der Waals surface area contributed by atoms with E-state index in [1.807, 2.05) is 30.3 Å². The molecule has 158 valence electrons. The van der Waals surface area contributed by atoms with Crippen molar-refractivity contribution in [3.63, 3.8) is 0 Å². The maximum Gasteiger partial charge on any atom is 0.243 e. The molecule has 1 saturated heterocycles. The van der Waals surface area contributed by atoms with Gasteiger partial charge in [0.05, 0.1) is 15.1 Å². The summed E-state index contributed by atoms with van der Waals surface area (Å²) >= 11 is 1.46. The van der Waals surface area contributed by atoms with E-state index in [0.717, 1.165) is 21.0 Å². The summed E-state index contributed by atoms with van der Waals surface area (Å²) in [6, 6.07) is 20.6. The number of piperidine rings is 1. The first-order chi connectivity index (χ1) is 15.0. The first kappa shape index (κ1) is 20.1. The number of amides is 1. The number of carbonyl (C=O) groups excluding carboxylic acids is 1. The van der Waals surface area contributed by atoms with Gasteiger partial charge in [-0.15, -0.1) is 0 Å². The first-order valence-corrected chi connectivity index (χ1v) is 12.4. The number of carbonyl (C=O) groups is 1. The molecule has 1 N–H and O–H groups in total. The molecule has 4 aromatic rings. The molecule has 2 heterocycles. The minimum Gasteiger partial charge on any atom is -0.302 e. The van der Waals surface area contributed by atoms with Crippen LogP contribution in [0.3, 0.4) is 0 Å². The lowest BCUT2D eigenvalue weighted by Gasteiger charge is -2.30. The van der Waals surface area contributed by atoms with E-state index in [1.54, 1.807) is 30.3 Å². The highest BCUT2D eigenvalue weighted by Crippen LogP contribution is 2.32. The van der Waals surface area contributed by atoms with Gasteiger partial charge in [-0.05, 0) is 36.4 Å². The zero-order valence-electron chi connectivity index (χ0n) is 16.7. The van der Waals surface area contributed by atoms with E-state index in [9.17, 15) is 13.2 Å². The van der Waals surface area contributed by atoms with Gasteiger partial charge in [-0.2, -0.15) is 4.31 Å².